The first kappa shape index (κ1) is 23.0. The molecule has 0 amide bonds. The van der Waals surface area contributed by atoms with E-state index in [2.05, 4.69) is 9.98 Å². The highest BCUT2D eigenvalue weighted by Gasteiger charge is 2.54. The Kier molecular flexibility index (Phi) is 5.77. The summed E-state index contributed by atoms with van der Waals surface area (Å²) < 4.78 is 79.5. The van der Waals surface area contributed by atoms with Crippen LogP contribution in [0, 0.1) is 11.8 Å². The van der Waals surface area contributed by atoms with Crippen LogP contribution < -0.4 is 4.90 Å². The van der Waals surface area contributed by atoms with Gasteiger partial charge in [-0.3, -0.25) is 9.79 Å². The third-order valence-corrected chi connectivity index (χ3v) is 6.40. The maximum absolute atomic E-state index is 13.7. The van der Waals surface area contributed by atoms with Crippen LogP contribution in [0.15, 0.2) is 28.4 Å². The number of anilines is 1. The number of ketones is 1. The number of carbonyl (C=O) groups is 1. The number of Topliss-reactive ketones (excluding diaryl/α,β-unsaturated/α-hetero) is 1. The van der Waals surface area contributed by atoms with Crippen molar-refractivity contribution < 1.29 is 36.2 Å². The van der Waals surface area contributed by atoms with Crippen molar-refractivity contribution in [3.05, 3.63) is 34.0 Å². The van der Waals surface area contributed by atoms with Gasteiger partial charge in [0.15, 0.2) is 5.78 Å². The lowest BCUT2D eigenvalue weighted by Crippen LogP contribution is -2.46. The molecule has 1 aliphatic carbocycles. The molecule has 1 N–H and O–H groups in total. The summed E-state index contributed by atoms with van der Waals surface area (Å²) in [6, 6.07) is 0.794. The molecule has 12 heteroatoms. The Labute approximate surface area is 183 Å². The van der Waals surface area contributed by atoms with Crippen LogP contribution in [0.3, 0.4) is 0 Å². The highest BCUT2D eigenvalue weighted by atomic mass is 35.5. The Bertz CT molecular complexity index is 996. The van der Waals surface area contributed by atoms with Crippen molar-refractivity contribution >= 4 is 28.9 Å². The molecule has 0 radical (unpaired) electrons. The second kappa shape index (κ2) is 8.02. The number of halogens is 7. The molecule has 0 unspecified atom stereocenters. The summed E-state index contributed by atoms with van der Waals surface area (Å²) in [6.07, 6.45) is -10.3. The molecule has 3 heterocycles. The van der Waals surface area contributed by atoms with E-state index in [1.54, 1.807) is 4.90 Å². The van der Waals surface area contributed by atoms with Gasteiger partial charge in [0.25, 0.3) is 0 Å². The van der Waals surface area contributed by atoms with E-state index in [-0.39, 0.29) is 41.0 Å². The zero-order chi connectivity index (χ0) is 23.4. The van der Waals surface area contributed by atoms with Gasteiger partial charge in [-0.25, -0.2) is 4.98 Å². The number of hydrogen-bond acceptors (Lipinski definition) is 5. The molecular weight excluding hydrogens is 464 g/mol. The molecule has 1 saturated heterocycles. The molecule has 32 heavy (non-hydrogen) atoms. The Hall–Kier alpha value is -2.14. The number of piperidine rings is 1. The molecular formula is C20H18ClF6N3O2. The summed E-state index contributed by atoms with van der Waals surface area (Å²) >= 11 is 6.00. The monoisotopic (exact) mass is 481 g/mol. The van der Waals surface area contributed by atoms with E-state index in [1.165, 1.54) is 0 Å². The van der Waals surface area contributed by atoms with Crippen LogP contribution in [0.1, 0.15) is 24.8 Å². The van der Waals surface area contributed by atoms with E-state index in [1.807, 2.05) is 0 Å². The van der Waals surface area contributed by atoms with Crippen LogP contribution in [-0.2, 0) is 11.0 Å². The first-order chi connectivity index (χ1) is 14.9. The lowest BCUT2D eigenvalue weighted by molar-refractivity contribution is -0.190. The van der Waals surface area contributed by atoms with Crippen LogP contribution in [0.25, 0.3) is 0 Å². The maximum atomic E-state index is 13.7. The van der Waals surface area contributed by atoms with Crippen LogP contribution in [0.4, 0.5) is 32.2 Å². The number of aromatic nitrogens is 1. The molecule has 0 saturated carbocycles. The third kappa shape index (κ3) is 4.12. The number of hydrogen-bond donors (Lipinski definition) is 1. The van der Waals surface area contributed by atoms with Crippen molar-refractivity contribution in [1.82, 2.24) is 4.98 Å². The molecule has 2 atom stereocenters. The van der Waals surface area contributed by atoms with Gasteiger partial charge < -0.3 is 10.0 Å². The number of carbonyl (C=O) groups excluding carboxylic acids is 1. The summed E-state index contributed by atoms with van der Waals surface area (Å²) in [5.74, 6) is -3.31. The lowest BCUT2D eigenvalue weighted by atomic mass is 9.74. The van der Waals surface area contributed by atoms with Crippen LogP contribution in [0.5, 0.6) is 0 Å². The maximum Gasteiger partial charge on any atom is 0.417 e. The highest BCUT2D eigenvalue weighted by Crippen LogP contribution is 2.45. The van der Waals surface area contributed by atoms with E-state index in [0.717, 1.165) is 6.07 Å². The van der Waals surface area contributed by atoms with E-state index in [0.29, 0.717) is 37.7 Å². The number of aliphatic hydroxyl groups is 1. The van der Waals surface area contributed by atoms with Gasteiger partial charge in [0, 0.05) is 37.3 Å². The van der Waals surface area contributed by atoms with Crippen molar-refractivity contribution in [2.45, 2.75) is 37.7 Å². The molecule has 1 aromatic rings. The van der Waals surface area contributed by atoms with Crippen molar-refractivity contribution in [1.29, 1.82) is 0 Å². The van der Waals surface area contributed by atoms with Gasteiger partial charge in [-0.1, -0.05) is 11.6 Å². The average molecular weight is 482 g/mol. The molecule has 174 valence electrons. The number of pyridine rings is 1. The lowest BCUT2D eigenvalue weighted by Gasteiger charge is -2.36. The molecule has 1 fully saturated rings. The topological polar surface area (TPSA) is 65.8 Å². The summed E-state index contributed by atoms with van der Waals surface area (Å²) in [4.78, 5) is 21.7. The summed E-state index contributed by atoms with van der Waals surface area (Å²) in [5, 5.41) is 9.81. The van der Waals surface area contributed by atoms with Gasteiger partial charge >= 0.3 is 12.4 Å². The van der Waals surface area contributed by atoms with Crippen molar-refractivity contribution in [3.8, 4) is 0 Å². The fourth-order valence-electron chi connectivity index (χ4n) is 4.60. The van der Waals surface area contributed by atoms with E-state index in [4.69, 9.17) is 11.6 Å². The molecule has 4 rings (SSSR count). The number of rotatable bonds is 2. The van der Waals surface area contributed by atoms with Crippen molar-refractivity contribution in [2.75, 3.05) is 24.5 Å². The van der Waals surface area contributed by atoms with Gasteiger partial charge in [-0.15, -0.1) is 0 Å². The summed E-state index contributed by atoms with van der Waals surface area (Å²) in [5.41, 5.74) is -0.481. The highest BCUT2D eigenvalue weighted by molar-refractivity contribution is 6.33. The van der Waals surface area contributed by atoms with Crippen LogP contribution >= 0.6 is 11.6 Å². The standard InChI is InChI=1S/C20H18ClF6N3O2/c21-12-6-11(19(22,23)24)8-29-18(12)30-3-1-9(2-4-30)16-14-10(7-28-16)5-13(31)17(32)15(14)20(25,26)27/h6,8-9,15,17,32H,1-5,7H2/t15-,17+/m1/s1. The predicted molar refractivity (Wildman–Crippen MR) is 104 cm³/mol. The van der Waals surface area contributed by atoms with Gasteiger partial charge in [0.05, 0.1) is 17.1 Å². The smallest absolute Gasteiger partial charge is 0.384 e. The summed E-state index contributed by atoms with van der Waals surface area (Å²) in [7, 11) is 0. The minimum atomic E-state index is -4.79. The van der Waals surface area contributed by atoms with Crippen LogP contribution in [-0.4, -0.2) is 53.5 Å². The predicted octanol–water partition coefficient (Wildman–Crippen LogP) is 4.23. The fraction of sp³-hybridized carbons (Fsp3) is 0.550. The minimum Gasteiger partial charge on any atom is -0.384 e. The number of nitrogens with zero attached hydrogens (tertiary/aromatic N) is 3. The first-order valence-electron chi connectivity index (χ1n) is 9.89. The molecule has 2 aliphatic heterocycles. The Morgan fingerprint density at radius 3 is 2.34 bits per heavy atom. The fourth-order valence-corrected chi connectivity index (χ4v) is 4.88. The molecule has 3 aliphatic rings. The zero-order valence-corrected chi connectivity index (χ0v) is 17.2. The number of aliphatic imine (C=N–C) groups is 1. The Morgan fingerprint density at radius 1 is 1.12 bits per heavy atom. The van der Waals surface area contributed by atoms with Crippen LogP contribution in [0.2, 0.25) is 5.02 Å². The van der Waals surface area contributed by atoms with E-state index >= 15 is 0 Å². The molecule has 1 aromatic heterocycles. The van der Waals surface area contributed by atoms with E-state index < -0.39 is 35.7 Å². The summed E-state index contributed by atoms with van der Waals surface area (Å²) in [6.45, 7) is 0.618. The van der Waals surface area contributed by atoms with Gasteiger partial charge in [-0.2, -0.15) is 26.3 Å². The second-order valence-corrected chi connectivity index (χ2v) is 8.52. The third-order valence-electron chi connectivity index (χ3n) is 6.12. The molecule has 0 bridgehead atoms. The minimum absolute atomic E-state index is 0.00219. The van der Waals surface area contributed by atoms with Crippen molar-refractivity contribution in [3.63, 3.8) is 0 Å². The Balaban J connectivity index is 1.51. The van der Waals surface area contributed by atoms with E-state index in [9.17, 15) is 36.2 Å². The van der Waals surface area contributed by atoms with Gasteiger partial charge in [0.1, 0.15) is 17.8 Å². The molecule has 0 aromatic carbocycles. The normalized spacial score (nSPS) is 25.3. The average Bonchev–Trinajstić information content (AvgIpc) is 3.10. The van der Waals surface area contributed by atoms with Crippen molar-refractivity contribution in [2.24, 2.45) is 16.8 Å². The number of alkyl halides is 6. The zero-order valence-electron chi connectivity index (χ0n) is 16.5. The molecule has 5 nitrogen and oxygen atoms in total. The molecule has 0 spiro atoms. The number of aliphatic hydroxyl groups excluding tert-OH is 1. The van der Waals surface area contributed by atoms with Gasteiger partial charge in [0.2, 0.25) is 0 Å². The first-order valence-corrected chi connectivity index (χ1v) is 10.3. The van der Waals surface area contributed by atoms with Gasteiger partial charge in [-0.05, 0) is 30.1 Å². The quantitative estimate of drug-likeness (QED) is 0.642. The SMILES string of the molecule is O=C1CC2=C(C(C3CCN(c4ncc(C(F)(F)F)cc4Cl)CC3)=NC2)[C@@H](C(F)(F)F)[C@H]1O. The second-order valence-electron chi connectivity index (χ2n) is 8.11. The Morgan fingerprint density at radius 2 is 1.78 bits per heavy atom. The largest absolute Gasteiger partial charge is 0.417 e.